The topological polar surface area (TPSA) is 23.8 Å². The van der Waals surface area contributed by atoms with Gasteiger partial charge < -0.3 is 0 Å². The van der Waals surface area contributed by atoms with Gasteiger partial charge in [-0.25, -0.2) is 0 Å². The van der Waals surface area contributed by atoms with Gasteiger partial charge in [0, 0.05) is 11.0 Å². The molecule has 0 aliphatic heterocycles. The molecule has 0 saturated carbocycles. The molecule has 0 atom stereocenters. The molecule has 0 amide bonds. The molecule has 11 heavy (non-hydrogen) atoms. The zero-order valence-corrected chi connectivity index (χ0v) is 6.75. The highest BCUT2D eigenvalue weighted by atomic mass is 32.1. The SMILES string of the molecule is N#CC=Cc1cccc(S)c1. The van der Waals surface area contributed by atoms with Gasteiger partial charge in [-0.15, -0.1) is 12.6 Å². The summed E-state index contributed by atoms with van der Waals surface area (Å²) in [5.74, 6) is 0. The summed E-state index contributed by atoms with van der Waals surface area (Å²) >= 11 is 4.16. The Kier molecular flexibility index (Phi) is 2.76. The van der Waals surface area contributed by atoms with Crippen LogP contribution in [0, 0.1) is 11.3 Å². The highest BCUT2D eigenvalue weighted by molar-refractivity contribution is 7.80. The molecule has 0 radical (unpaired) electrons. The first kappa shape index (κ1) is 7.90. The third kappa shape index (κ3) is 2.48. The monoisotopic (exact) mass is 161 g/mol. The van der Waals surface area contributed by atoms with E-state index in [0.29, 0.717) is 0 Å². The molecule has 0 heterocycles. The maximum atomic E-state index is 8.24. The lowest BCUT2D eigenvalue weighted by molar-refractivity contribution is 1.46. The van der Waals surface area contributed by atoms with Crippen LogP contribution in [0.3, 0.4) is 0 Å². The Morgan fingerprint density at radius 2 is 2.27 bits per heavy atom. The third-order valence-corrected chi connectivity index (χ3v) is 1.50. The van der Waals surface area contributed by atoms with E-state index in [1.165, 1.54) is 6.08 Å². The first-order valence-electron chi connectivity index (χ1n) is 3.18. The van der Waals surface area contributed by atoms with E-state index in [0.717, 1.165) is 10.5 Å². The van der Waals surface area contributed by atoms with Gasteiger partial charge in [0.15, 0.2) is 0 Å². The number of thiol groups is 1. The van der Waals surface area contributed by atoms with Crippen molar-refractivity contribution in [3.8, 4) is 6.07 Å². The molecule has 0 N–H and O–H groups in total. The maximum absolute atomic E-state index is 8.24. The molecule has 54 valence electrons. The van der Waals surface area contributed by atoms with E-state index in [4.69, 9.17) is 5.26 Å². The van der Waals surface area contributed by atoms with Crippen molar-refractivity contribution in [2.75, 3.05) is 0 Å². The fourth-order valence-electron chi connectivity index (χ4n) is 0.762. The lowest BCUT2D eigenvalue weighted by atomic mass is 10.2. The fraction of sp³-hybridized carbons (Fsp3) is 0. The zero-order chi connectivity index (χ0) is 8.10. The van der Waals surface area contributed by atoms with E-state index in [9.17, 15) is 0 Å². The molecular formula is C9H7NS. The summed E-state index contributed by atoms with van der Waals surface area (Å²) in [5, 5.41) is 8.24. The van der Waals surface area contributed by atoms with Gasteiger partial charge in [0.2, 0.25) is 0 Å². The van der Waals surface area contributed by atoms with Gasteiger partial charge in [0.25, 0.3) is 0 Å². The Hall–Kier alpha value is -1.20. The molecular weight excluding hydrogens is 154 g/mol. The van der Waals surface area contributed by atoms with Crippen LogP contribution in [0.15, 0.2) is 35.2 Å². The van der Waals surface area contributed by atoms with Crippen molar-refractivity contribution in [3.63, 3.8) is 0 Å². The van der Waals surface area contributed by atoms with E-state index in [-0.39, 0.29) is 0 Å². The van der Waals surface area contributed by atoms with Gasteiger partial charge in [0.05, 0.1) is 6.07 Å². The van der Waals surface area contributed by atoms with Crippen LogP contribution in [-0.4, -0.2) is 0 Å². The first-order chi connectivity index (χ1) is 5.33. The Balaban J connectivity index is 2.90. The summed E-state index contributed by atoms with van der Waals surface area (Å²) < 4.78 is 0. The number of benzene rings is 1. The molecule has 1 rings (SSSR count). The van der Waals surface area contributed by atoms with E-state index in [2.05, 4.69) is 12.6 Å². The lowest BCUT2D eigenvalue weighted by Gasteiger charge is -1.92. The van der Waals surface area contributed by atoms with Crippen LogP contribution in [0.5, 0.6) is 0 Å². The Labute approximate surface area is 71.4 Å². The molecule has 0 spiro atoms. The molecule has 0 saturated heterocycles. The lowest BCUT2D eigenvalue weighted by Crippen LogP contribution is -1.70. The smallest absolute Gasteiger partial charge is 0.0912 e. The summed E-state index contributed by atoms with van der Waals surface area (Å²) in [4.78, 5) is 0.907. The average Bonchev–Trinajstić information content (AvgIpc) is 2.01. The predicted octanol–water partition coefficient (Wildman–Crippen LogP) is 2.51. The minimum atomic E-state index is 0.907. The fourth-order valence-corrected chi connectivity index (χ4v) is 0.997. The van der Waals surface area contributed by atoms with Gasteiger partial charge in [-0.3, -0.25) is 0 Å². The zero-order valence-electron chi connectivity index (χ0n) is 5.86. The van der Waals surface area contributed by atoms with Crippen molar-refractivity contribution in [1.82, 2.24) is 0 Å². The number of nitrogens with zero attached hydrogens (tertiary/aromatic N) is 1. The van der Waals surface area contributed by atoms with Crippen LogP contribution in [0.1, 0.15) is 5.56 Å². The van der Waals surface area contributed by atoms with Crippen LogP contribution in [0.2, 0.25) is 0 Å². The summed E-state index contributed by atoms with van der Waals surface area (Å²) in [6, 6.07) is 9.55. The number of hydrogen-bond acceptors (Lipinski definition) is 2. The Bertz CT molecular complexity index is 310. The first-order valence-corrected chi connectivity index (χ1v) is 3.63. The second kappa shape index (κ2) is 3.85. The summed E-state index contributed by atoms with van der Waals surface area (Å²) in [5.41, 5.74) is 0.999. The standard InChI is InChI=1S/C9H7NS/c10-6-2-4-8-3-1-5-9(11)7-8/h1-5,7,11H. The molecule has 2 heteroatoms. The highest BCUT2D eigenvalue weighted by Gasteiger charge is 1.85. The number of nitriles is 1. The van der Waals surface area contributed by atoms with E-state index < -0.39 is 0 Å². The average molecular weight is 161 g/mol. The van der Waals surface area contributed by atoms with Crippen LogP contribution in [0.4, 0.5) is 0 Å². The molecule has 0 unspecified atom stereocenters. The number of allylic oxidation sites excluding steroid dienone is 1. The molecule has 1 aromatic carbocycles. The molecule has 0 fully saturated rings. The third-order valence-electron chi connectivity index (χ3n) is 1.22. The maximum Gasteiger partial charge on any atom is 0.0912 e. The van der Waals surface area contributed by atoms with Crippen LogP contribution in [-0.2, 0) is 0 Å². The van der Waals surface area contributed by atoms with Crippen molar-refractivity contribution >= 4 is 18.7 Å². The van der Waals surface area contributed by atoms with E-state index >= 15 is 0 Å². The molecule has 0 aliphatic rings. The van der Waals surface area contributed by atoms with E-state index in [1.807, 2.05) is 30.3 Å². The number of rotatable bonds is 1. The minimum absolute atomic E-state index is 0.907. The number of hydrogen-bond donors (Lipinski definition) is 1. The van der Waals surface area contributed by atoms with Crippen molar-refractivity contribution < 1.29 is 0 Å². The molecule has 0 bridgehead atoms. The normalized spacial score (nSPS) is 9.82. The summed E-state index contributed by atoms with van der Waals surface area (Å²) in [6.07, 6.45) is 3.20. The van der Waals surface area contributed by atoms with Crippen LogP contribution < -0.4 is 0 Å². The summed E-state index contributed by atoms with van der Waals surface area (Å²) in [7, 11) is 0. The molecule has 0 aliphatic carbocycles. The van der Waals surface area contributed by atoms with Crippen LogP contribution >= 0.6 is 12.6 Å². The second-order valence-corrected chi connectivity index (χ2v) is 2.57. The van der Waals surface area contributed by atoms with Gasteiger partial charge in [-0.2, -0.15) is 5.26 Å². The van der Waals surface area contributed by atoms with Gasteiger partial charge in [0.1, 0.15) is 0 Å². The van der Waals surface area contributed by atoms with Crippen molar-refractivity contribution in [2.45, 2.75) is 4.90 Å². The molecule has 0 aromatic heterocycles. The van der Waals surface area contributed by atoms with Gasteiger partial charge in [-0.05, 0) is 23.8 Å². The Morgan fingerprint density at radius 3 is 2.91 bits per heavy atom. The summed E-state index contributed by atoms with van der Waals surface area (Å²) in [6.45, 7) is 0. The van der Waals surface area contributed by atoms with Gasteiger partial charge >= 0.3 is 0 Å². The van der Waals surface area contributed by atoms with Crippen LogP contribution in [0.25, 0.3) is 6.08 Å². The largest absolute Gasteiger partial charge is 0.193 e. The van der Waals surface area contributed by atoms with Crippen molar-refractivity contribution in [1.29, 1.82) is 5.26 Å². The quantitative estimate of drug-likeness (QED) is 0.496. The van der Waals surface area contributed by atoms with Crippen molar-refractivity contribution in [2.24, 2.45) is 0 Å². The Morgan fingerprint density at radius 1 is 1.45 bits per heavy atom. The molecule has 1 aromatic rings. The van der Waals surface area contributed by atoms with E-state index in [1.54, 1.807) is 6.08 Å². The second-order valence-electron chi connectivity index (χ2n) is 2.06. The predicted molar refractivity (Wildman–Crippen MR) is 48.3 cm³/mol. The highest BCUT2D eigenvalue weighted by Crippen LogP contribution is 2.09. The van der Waals surface area contributed by atoms with Crippen molar-refractivity contribution in [3.05, 3.63) is 35.9 Å². The molecule has 1 nitrogen and oxygen atoms in total. The van der Waals surface area contributed by atoms with Gasteiger partial charge in [-0.1, -0.05) is 12.1 Å². The minimum Gasteiger partial charge on any atom is -0.193 e.